The van der Waals surface area contributed by atoms with Crippen molar-refractivity contribution in [3.8, 4) is 5.75 Å². The highest BCUT2D eigenvalue weighted by Gasteiger charge is 2.59. The number of rotatable bonds is 9. The zero-order chi connectivity index (χ0) is 28.1. The Balaban J connectivity index is 1.98. The van der Waals surface area contributed by atoms with Crippen molar-refractivity contribution in [3.63, 3.8) is 0 Å². The lowest BCUT2D eigenvalue weighted by molar-refractivity contribution is -0.201. The van der Waals surface area contributed by atoms with E-state index in [4.69, 9.17) is 4.74 Å². The molecule has 0 fully saturated rings. The van der Waals surface area contributed by atoms with Crippen molar-refractivity contribution in [2.45, 2.75) is 50.7 Å². The molecule has 0 saturated heterocycles. The quantitative estimate of drug-likeness (QED) is 0.325. The number of aromatic nitrogens is 1. The summed E-state index contributed by atoms with van der Waals surface area (Å²) in [5, 5.41) is 13.8. The molecule has 1 aromatic carbocycles. The third kappa shape index (κ3) is 6.82. The number of nitrogens with one attached hydrogen (secondary N) is 2. The van der Waals surface area contributed by atoms with Crippen molar-refractivity contribution in [3.05, 3.63) is 65.0 Å². The van der Waals surface area contributed by atoms with Crippen LogP contribution in [0.5, 0.6) is 5.75 Å². The van der Waals surface area contributed by atoms with Crippen molar-refractivity contribution >= 4 is 17.4 Å². The van der Waals surface area contributed by atoms with Crippen molar-refractivity contribution < 1.29 is 45.8 Å². The van der Waals surface area contributed by atoms with Crippen LogP contribution in [-0.2, 0) is 21.7 Å². The van der Waals surface area contributed by atoms with Gasteiger partial charge < -0.3 is 20.5 Å². The van der Waals surface area contributed by atoms with E-state index in [-0.39, 0.29) is 54.3 Å². The first-order chi connectivity index (χ1) is 17.8. The first kappa shape index (κ1) is 29.0. The summed E-state index contributed by atoms with van der Waals surface area (Å²) in [7, 11) is 0. The van der Waals surface area contributed by atoms with Crippen LogP contribution in [0.25, 0.3) is 5.57 Å². The highest BCUT2D eigenvalue weighted by Crippen LogP contribution is 2.48. The molecule has 13 heteroatoms. The Morgan fingerprint density at radius 3 is 2.34 bits per heavy atom. The van der Waals surface area contributed by atoms with E-state index in [9.17, 15) is 41.0 Å². The molecule has 7 nitrogen and oxygen atoms in total. The normalized spacial score (nSPS) is 18.3. The van der Waals surface area contributed by atoms with E-state index in [1.807, 2.05) is 0 Å². The van der Waals surface area contributed by atoms with Crippen LogP contribution in [0.15, 0.2) is 48.2 Å². The van der Waals surface area contributed by atoms with Crippen molar-refractivity contribution in [2.24, 2.45) is 0 Å². The summed E-state index contributed by atoms with van der Waals surface area (Å²) in [5.41, 5.74) is -2.87. The van der Waals surface area contributed by atoms with Gasteiger partial charge in [-0.1, -0.05) is 18.2 Å². The summed E-state index contributed by atoms with van der Waals surface area (Å²) < 4.78 is 86.1. The number of hydrogen-bond donors (Lipinski definition) is 3. The minimum Gasteiger partial charge on any atom is -0.494 e. The van der Waals surface area contributed by atoms with Crippen molar-refractivity contribution in [1.82, 2.24) is 15.6 Å². The maximum Gasteiger partial charge on any atom is 0.416 e. The van der Waals surface area contributed by atoms with Crippen LogP contribution in [-0.4, -0.2) is 47.4 Å². The van der Waals surface area contributed by atoms with Crippen LogP contribution >= 0.6 is 0 Å². The third-order valence-electron chi connectivity index (χ3n) is 5.94. The lowest BCUT2D eigenvalue weighted by Gasteiger charge is -2.41. The highest BCUT2D eigenvalue weighted by atomic mass is 19.4. The minimum absolute atomic E-state index is 0.0446. The molecule has 2 heterocycles. The van der Waals surface area contributed by atoms with E-state index in [1.54, 1.807) is 0 Å². The van der Waals surface area contributed by atoms with Gasteiger partial charge in [0.25, 0.3) is 0 Å². The largest absolute Gasteiger partial charge is 0.494 e. The van der Waals surface area contributed by atoms with Gasteiger partial charge >= 0.3 is 12.4 Å². The molecule has 0 unspecified atom stereocenters. The maximum atomic E-state index is 14.7. The Kier molecular flexibility index (Phi) is 8.70. The van der Waals surface area contributed by atoms with Crippen molar-refractivity contribution in [2.75, 3.05) is 13.2 Å². The number of amides is 2. The third-order valence-corrected chi connectivity index (χ3v) is 5.94. The molecule has 1 atom stereocenters. The smallest absolute Gasteiger partial charge is 0.416 e. The molecular formula is C25H25F6N3O4. The van der Waals surface area contributed by atoms with E-state index in [1.165, 1.54) is 37.4 Å². The number of hydrogen-bond acceptors (Lipinski definition) is 5. The van der Waals surface area contributed by atoms with Gasteiger partial charge in [-0.25, -0.2) is 0 Å². The average Bonchev–Trinajstić information content (AvgIpc) is 2.84. The molecule has 38 heavy (non-hydrogen) atoms. The van der Waals surface area contributed by atoms with Gasteiger partial charge in [0.05, 0.1) is 18.9 Å². The van der Waals surface area contributed by atoms with E-state index >= 15 is 0 Å². The number of carbonyl (C=O) groups excluding carboxylic acids is 2. The predicted octanol–water partition coefficient (Wildman–Crippen LogP) is 4.16. The molecule has 2 aromatic rings. The van der Waals surface area contributed by atoms with Gasteiger partial charge in [-0.05, 0) is 41.3 Å². The number of aliphatic hydroxyl groups excluding tert-OH is 1. The molecule has 3 N–H and O–H groups in total. The summed E-state index contributed by atoms with van der Waals surface area (Å²) in [4.78, 5) is 28.6. The number of benzene rings is 1. The molecule has 1 aliphatic heterocycles. The Bertz CT molecular complexity index is 1180. The number of nitrogens with zero attached hydrogens (tertiary/aromatic N) is 1. The fourth-order valence-corrected chi connectivity index (χ4v) is 3.97. The summed E-state index contributed by atoms with van der Waals surface area (Å²) >= 11 is 0. The molecule has 0 radical (unpaired) electrons. The number of pyridine rings is 1. The standard InChI is InChI=1S/C25H25F6N3O4/c1-15(36)32-13-20-19(21-8-3-16(14-35)12-33-21)11-23(25(29,30)31,34-22(20)37)17-4-6-18(7-5-17)38-10-2-9-24(26,27)28/h3-8,12,35H,2,9-11,13-14H2,1H3,(H,32,36)(H,34,37)/t23-/m0/s1. The monoisotopic (exact) mass is 545 g/mol. The fraction of sp³-hybridized carbons (Fsp3) is 0.400. The highest BCUT2D eigenvalue weighted by molar-refractivity contribution is 6.04. The summed E-state index contributed by atoms with van der Waals surface area (Å²) in [6, 6.07) is 7.39. The lowest BCUT2D eigenvalue weighted by Crippen LogP contribution is -2.59. The number of aliphatic hydroxyl groups is 1. The molecule has 1 aliphatic rings. The van der Waals surface area contributed by atoms with Crippen LogP contribution in [0.4, 0.5) is 26.3 Å². The van der Waals surface area contributed by atoms with Gasteiger partial charge in [-0.2, -0.15) is 26.3 Å². The number of halogens is 6. The van der Waals surface area contributed by atoms with Crippen LogP contribution in [0.1, 0.15) is 43.0 Å². The average molecular weight is 545 g/mol. The van der Waals surface area contributed by atoms with E-state index < -0.39 is 42.5 Å². The molecule has 0 saturated carbocycles. The minimum atomic E-state index is -4.98. The molecule has 206 valence electrons. The van der Waals surface area contributed by atoms with Crippen LogP contribution < -0.4 is 15.4 Å². The van der Waals surface area contributed by atoms with Crippen molar-refractivity contribution in [1.29, 1.82) is 0 Å². The number of ether oxygens (including phenoxy) is 1. The molecule has 1 aromatic heterocycles. The van der Waals surface area contributed by atoms with Crippen LogP contribution in [0.3, 0.4) is 0 Å². The SMILES string of the molecule is CC(=O)NCC1=C(c2ccc(CO)cn2)C[C@](c2ccc(OCCCC(F)(F)F)cc2)(C(F)(F)F)NC1=O. The second-order valence-electron chi connectivity index (χ2n) is 8.70. The predicted molar refractivity (Wildman–Crippen MR) is 123 cm³/mol. The first-order valence-electron chi connectivity index (χ1n) is 11.5. The summed E-state index contributed by atoms with van der Waals surface area (Å²) in [6.45, 7) is 0.234. The van der Waals surface area contributed by atoms with Gasteiger partial charge in [0.15, 0.2) is 5.54 Å². The lowest BCUT2D eigenvalue weighted by atomic mass is 9.77. The Morgan fingerprint density at radius 1 is 1.13 bits per heavy atom. The Labute approximate surface area is 213 Å². The zero-order valence-corrected chi connectivity index (χ0v) is 20.2. The molecule has 0 bridgehead atoms. The van der Waals surface area contributed by atoms with Crippen LogP contribution in [0.2, 0.25) is 0 Å². The fourth-order valence-electron chi connectivity index (χ4n) is 3.97. The number of carbonyl (C=O) groups is 2. The van der Waals surface area contributed by atoms with Gasteiger partial charge in [-0.3, -0.25) is 14.6 Å². The van der Waals surface area contributed by atoms with E-state index in [2.05, 4.69) is 15.6 Å². The second-order valence-corrected chi connectivity index (χ2v) is 8.70. The van der Waals surface area contributed by atoms with Crippen LogP contribution in [0, 0.1) is 0 Å². The van der Waals surface area contributed by atoms with Gasteiger partial charge in [0.2, 0.25) is 11.8 Å². The number of alkyl halides is 6. The van der Waals surface area contributed by atoms with Gasteiger partial charge in [-0.15, -0.1) is 0 Å². The van der Waals surface area contributed by atoms with Gasteiger partial charge in [0.1, 0.15) is 5.75 Å². The first-order valence-corrected chi connectivity index (χ1v) is 11.5. The van der Waals surface area contributed by atoms with E-state index in [0.717, 1.165) is 12.1 Å². The Hall–Kier alpha value is -3.61. The topological polar surface area (TPSA) is 101 Å². The maximum absolute atomic E-state index is 14.7. The summed E-state index contributed by atoms with van der Waals surface area (Å²) in [6.07, 6.45) is -10.2. The molecule has 0 aliphatic carbocycles. The Morgan fingerprint density at radius 2 is 1.82 bits per heavy atom. The molecule has 0 spiro atoms. The molecular weight excluding hydrogens is 520 g/mol. The molecule has 2 amide bonds. The summed E-state index contributed by atoms with van der Waals surface area (Å²) in [5.74, 6) is -1.48. The zero-order valence-electron chi connectivity index (χ0n) is 20.2. The second kappa shape index (κ2) is 11.4. The van der Waals surface area contributed by atoms with Gasteiger partial charge in [0, 0.05) is 38.1 Å². The molecule has 3 rings (SSSR count). The van der Waals surface area contributed by atoms with E-state index in [0.29, 0.717) is 5.56 Å².